The van der Waals surface area contributed by atoms with E-state index >= 15 is 0 Å². The molecule has 2 atom stereocenters. The van der Waals surface area contributed by atoms with Crippen LogP contribution < -0.4 is 11.5 Å². The number of hydrogen-bond donors (Lipinski definition) is 2. The molecule has 0 spiro atoms. The molecule has 0 saturated carbocycles. The molecule has 0 saturated heterocycles. The van der Waals surface area contributed by atoms with Crippen LogP contribution in [0.5, 0.6) is 0 Å². The van der Waals surface area contributed by atoms with Crippen LogP contribution in [0.2, 0.25) is 5.02 Å². The molecule has 0 amide bonds. The zero-order valence-corrected chi connectivity index (χ0v) is 16.2. The molecule has 7 nitrogen and oxygen atoms in total. The zero-order chi connectivity index (χ0) is 20.0. The van der Waals surface area contributed by atoms with Crippen LogP contribution in [-0.4, -0.2) is 44.0 Å². The van der Waals surface area contributed by atoms with Gasteiger partial charge in [0.2, 0.25) is 0 Å². The highest BCUT2D eigenvalue weighted by atomic mass is 35.5. The van der Waals surface area contributed by atoms with Gasteiger partial charge in [0.05, 0.1) is 5.57 Å². The van der Waals surface area contributed by atoms with Crippen molar-refractivity contribution in [3.05, 3.63) is 46.1 Å². The second kappa shape index (κ2) is 9.64. The lowest BCUT2D eigenvalue weighted by Gasteiger charge is -2.31. The van der Waals surface area contributed by atoms with Gasteiger partial charge in [-0.25, -0.2) is 4.79 Å². The van der Waals surface area contributed by atoms with Gasteiger partial charge in [0, 0.05) is 35.4 Å². The van der Waals surface area contributed by atoms with Crippen molar-refractivity contribution in [1.29, 1.82) is 0 Å². The Hall–Kier alpha value is -2.22. The zero-order valence-electron chi connectivity index (χ0n) is 15.4. The number of hydrogen-bond acceptors (Lipinski definition) is 7. The fourth-order valence-corrected chi connectivity index (χ4v) is 3.35. The molecule has 8 heteroatoms. The Morgan fingerprint density at radius 2 is 1.81 bits per heavy atom. The van der Waals surface area contributed by atoms with Crippen molar-refractivity contribution in [3.63, 3.8) is 0 Å². The minimum atomic E-state index is -0.779. The Kier molecular flexibility index (Phi) is 7.53. The molecule has 1 aliphatic heterocycles. The Labute approximate surface area is 163 Å². The highest BCUT2D eigenvalue weighted by Gasteiger charge is 2.42. The van der Waals surface area contributed by atoms with Crippen molar-refractivity contribution in [2.75, 3.05) is 26.3 Å². The summed E-state index contributed by atoms with van der Waals surface area (Å²) in [4.78, 5) is 29.9. The van der Waals surface area contributed by atoms with E-state index in [4.69, 9.17) is 32.5 Å². The number of ether oxygens (including phenoxy) is 2. The molecule has 146 valence electrons. The van der Waals surface area contributed by atoms with Crippen molar-refractivity contribution in [2.45, 2.75) is 19.8 Å². The van der Waals surface area contributed by atoms with E-state index in [2.05, 4.69) is 4.99 Å². The Balaban J connectivity index is 2.55. The van der Waals surface area contributed by atoms with Gasteiger partial charge in [0.1, 0.15) is 19.1 Å². The van der Waals surface area contributed by atoms with E-state index in [-0.39, 0.29) is 26.3 Å². The molecule has 1 heterocycles. The van der Waals surface area contributed by atoms with Crippen molar-refractivity contribution >= 4 is 29.3 Å². The van der Waals surface area contributed by atoms with Crippen LogP contribution in [0.3, 0.4) is 0 Å². The highest BCUT2D eigenvalue weighted by Crippen LogP contribution is 2.40. The van der Waals surface area contributed by atoms with Crippen LogP contribution in [0.15, 0.2) is 40.5 Å². The van der Waals surface area contributed by atoms with Gasteiger partial charge in [0.15, 0.2) is 0 Å². The second-order valence-corrected chi connectivity index (χ2v) is 6.58. The summed E-state index contributed by atoms with van der Waals surface area (Å²) in [6.07, 6.45) is 0. The summed E-state index contributed by atoms with van der Waals surface area (Å²) in [5.74, 6) is -2.46. The smallest absolute Gasteiger partial charge is 0.336 e. The van der Waals surface area contributed by atoms with E-state index in [1.807, 2.05) is 6.07 Å². The SMILES string of the molecule is CC1=NC(C)=C(C(=O)OCCN)C(c2cccc(Cl)c2)C1C(=O)OCCN. The minimum absolute atomic E-state index is 0.0723. The lowest BCUT2D eigenvalue weighted by atomic mass is 9.75. The Bertz CT molecular complexity index is 776. The van der Waals surface area contributed by atoms with Crippen LogP contribution in [0.25, 0.3) is 0 Å². The summed E-state index contributed by atoms with van der Waals surface area (Å²) in [5.41, 5.74) is 12.9. The van der Waals surface area contributed by atoms with E-state index in [0.717, 1.165) is 0 Å². The lowest BCUT2D eigenvalue weighted by Crippen LogP contribution is -2.37. The van der Waals surface area contributed by atoms with E-state index in [0.29, 0.717) is 27.6 Å². The number of nitrogens with zero attached hydrogens (tertiary/aromatic N) is 1. The summed E-state index contributed by atoms with van der Waals surface area (Å²) >= 11 is 6.15. The van der Waals surface area contributed by atoms with E-state index in [9.17, 15) is 9.59 Å². The predicted octanol–water partition coefficient (Wildman–Crippen LogP) is 1.79. The maximum Gasteiger partial charge on any atom is 0.336 e. The van der Waals surface area contributed by atoms with Gasteiger partial charge in [0.25, 0.3) is 0 Å². The second-order valence-electron chi connectivity index (χ2n) is 6.14. The van der Waals surface area contributed by atoms with Gasteiger partial charge in [-0.3, -0.25) is 9.79 Å². The van der Waals surface area contributed by atoms with Crippen molar-refractivity contribution in [2.24, 2.45) is 22.4 Å². The molecule has 1 aliphatic rings. The normalized spacial score (nSPS) is 19.5. The molecule has 2 unspecified atom stereocenters. The van der Waals surface area contributed by atoms with E-state index in [1.54, 1.807) is 32.0 Å². The number of carbonyl (C=O) groups is 2. The van der Waals surface area contributed by atoms with Crippen LogP contribution in [0, 0.1) is 5.92 Å². The molecule has 4 N–H and O–H groups in total. The molecule has 1 aromatic rings. The summed E-state index contributed by atoms with van der Waals surface area (Å²) in [6.45, 7) is 4.00. The molecular weight excluding hydrogens is 370 g/mol. The van der Waals surface area contributed by atoms with Crippen molar-refractivity contribution in [1.82, 2.24) is 0 Å². The average Bonchev–Trinajstić information content (AvgIpc) is 2.63. The van der Waals surface area contributed by atoms with E-state index < -0.39 is 23.8 Å². The van der Waals surface area contributed by atoms with Gasteiger partial charge in [-0.1, -0.05) is 23.7 Å². The molecular formula is C19H24ClN3O4. The minimum Gasteiger partial charge on any atom is -0.464 e. The summed E-state index contributed by atoms with van der Waals surface area (Å²) < 4.78 is 10.5. The first-order valence-electron chi connectivity index (χ1n) is 8.66. The van der Waals surface area contributed by atoms with Gasteiger partial charge in [-0.15, -0.1) is 0 Å². The summed E-state index contributed by atoms with van der Waals surface area (Å²) in [7, 11) is 0. The van der Waals surface area contributed by atoms with Crippen LogP contribution in [0.1, 0.15) is 25.3 Å². The standard InChI is InChI=1S/C19H24ClN3O4/c1-11-15(18(24)26-8-6-21)17(13-4-3-5-14(20)10-13)16(12(2)23-11)19(25)27-9-7-22/h3-5,10,15,17H,6-9,21-22H2,1-2H3. The molecule has 2 rings (SSSR count). The molecule has 1 aromatic carbocycles. The first kappa shape index (κ1) is 21.1. The fourth-order valence-electron chi connectivity index (χ4n) is 3.15. The maximum absolute atomic E-state index is 12.7. The van der Waals surface area contributed by atoms with E-state index in [1.165, 1.54) is 0 Å². The van der Waals surface area contributed by atoms with Gasteiger partial charge in [-0.05, 0) is 31.5 Å². The molecule has 0 aromatic heterocycles. The number of benzene rings is 1. The first-order valence-corrected chi connectivity index (χ1v) is 9.03. The predicted molar refractivity (Wildman–Crippen MR) is 104 cm³/mol. The molecule has 0 bridgehead atoms. The van der Waals surface area contributed by atoms with Crippen molar-refractivity contribution < 1.29 is 19.1 Å². The van der Waals surface area contributed by atoms with Gasteiger partial charge in [-0.2, -0.15) is 0 Å². The maximum atomic E-state index is 12.7. The fraction of sp³-hybridized carbons (Fsp3) is 0.421. The topological polar surface area (TPSA) is 117 Å². The molecule has 0 fully saturated rings. The number of allylic oxidation sites excluding steroid dienone is 1. The van der Waals surface area contributed by atoms with Gasteiger partial charge >= 0.3 is 11.9 Å². The van der Waals surface area contributed by atoms with Crippen LogP contribution >= 0.6 is 11.6 Å². The quantitative estimate of drug-likeness (QED) is 0.682. The van der Waals surface area contributed by atoms with Crippen molar-refractivity contribution in [3.8, 4) is 0 Å². The van der Waals surface area contributed by atoms with Crippen LogP contribution in [-0.2, 0) is 19.1 Å². The Morgan fingerprint density at radius 3 is 2.44 bits per heavy atom. The first-order chi connectivity index (χ1) is 12.9. The highest BCUT2D eigenvalue weighted by molar-refractivity contribution is 6.30. The number of rotatable bonds is 7. The number of aliphatic imine (C=N–C) groups is 1. The monoisotopic (exact) mass is 393 g/mol. The number of halogens is 1. The van der Waals surface area contributed by atoms with Crippen LogP contribution in [0.4, 0.5) is 0 Å². The number of esters is 2. The third kappa shape index (κ3) is 4.94. The summed E-state index contributed by atoms with van der Waals surface area (Å²) in [5, 5.41) is 0.495. The third-order valence-corrected chi connectivity index (χ3v) is 4.46. The third-order valence-electron chi connectivity index (χ3n) is 4.22. The average molecular weight is 394 g/mol. The molecule has 0 radical (unpaired) electrons. The molecule has 27 heavy (non-hydrogen) atoms. The van der Waals surface area contributed by atoms with Gasteiger partial charge < -0.3 is 20.9 Å². The number of carbonyl (C=O) groups excluding carboxylic acids is 2. The Morgan fingerprint density at radius 1 is 1.15 bits per heavy atom. The number of nitrogens with two attached hydrogens (primary N) is 2. The largest absolute Gasteiger partial charge is 0.464 e. The lowest BCUT2D eigenvalue weighted by molar-refractivity contribution is -0.146. The molecule has 0 aliphatic carbocycles. The summed E-state index contributed by atoms with van der Waals surface area (Å²) in [6, 6.07) is 7.01.